The highest BCUT2D eigenvalue weighted by Crippen LogP contribution is 2.32. The van der Waals surface area contributed by atoms with Gasteiger partial charge in [0.1, 0.15) is 28.9 Å². The Balaban J connectivity index is 1.22. The van der Waals surface area contributed by atoms with Crippen molar-refractivity contribution in [3.63, 3.8) is 0 Å². The summed E-state index contributed by atoms with van der Waals surface area (Å²) in [5.41, 5.74) is 3.08. The van der Waals surface area contributed by atoms with Gasteiger partial charge in [0.15, 0.2) is 17.8 Å². The lowest BCUT2D eigenvalue weighted by Crippen LogP contribution is -2.34. The maximum absolute atomic E-state index is 15.0. The van der Waals surface area contributed by atoms with Gasteiger partial charge in [0, 0.05) is 29.5 Å². The largest absolute Gasteiger partial charge is 0.470 e. The van der Waals surface area contributed by atoms with Crippen molar-refractivity contribution in [3.8, 4) is 28.4 Å². The smallest absolute Gasteiger partial charge is 0.241 e. The number of nitrogens with one attached hydrogen (secondary N) is 2. The van der Waals surface area contributed by atoms with Crippen LogP contribution in [0.3, 0.4) is 0 Å². The summed E-state index contributed by atoms with van der Waals surface area (Å²) in [6, 6.07) is 13.1. The molecule has 2 aliphatic heterocycles. The van der Waals surface area contributed by atoms with Crippen LogP contribution < -0.4 is 9.46 Å². The topological polar surface area (TPSA) is 136 Å². The molecule has 4 atom stereocenters. The SMILES string of the molecule is CNS(=O)(=O)c1ccc(-c2ccc(-c3nc4cc(O[C@@H]5CO[C@H]6C5OC[C@H]6O)[nH]c4cc3F)cc2)nc1. The van der Waals surface area contributed by atoms with E-state index >= 15 is 0 Å². The first-order chi connectivity index (χ1) is 17.8. The number of aromatic nitrogens is 3. The molecule has 2 saturated heterocycles. The summed E-state index contributed by atoms with van der Waals surface area (Å²) in [4.78, 5) is 11.8. The van der Waals surface area contributed by atoms with Crippen LogP contribution in [0.2, 0.25) is 0 Å². The van der Waals surface area contributed by atoms with Crippen LogP contribution in [0.1, 0.15) is 0 Å². The fraction of sp³-hybridized carbons (Fsp3) is 0.280. The van der Waals surface area contributed by atoms with E-state index in [-0.39, 0.29) is 29.9 Å². The number of aliphatic hydroxyl groups is 1. The second-order valence-corrected chi connectivity index (χ2v) is 10.8. The molecule has 0 amide bonds. The minimum absolute atomic E-state index is 0.0680. The molecule has 2 fully saturated rings. The number of hydrogen-bond donors (Lipinski definition) is 3. The minimum Gasteiger partial charge on any atom is -0.470 e. The molecule has 3 N–H and O–H groups in total. The molecule has 0 saturated carbocycles. The fourth-order valence-corrected chi connectivity index (χ4v) is 5.28. The second-order valence-electron chi connectivity index (χ2n) is 8.87. The lowest BCUT2D eigenvalue weighted by Gasteiger charge is -2.16. The van der Waals surface area contributed by atoms with Crippen molar-refractivity contribution in [2.24, 2.45) is 0 Å². The quantitative estimate of drug-likeness (QED) is 0.348. The summed E-state index contributed by atoms with van der Waals surface area (Å²) in [6.45, 7) is 0.487. The van der Waals surface area contributed by atoms with Gasteiger partial charge in [0.05, 0.1) is 29.9 Å². The van der Waals surface area contributed by atoms with E-state index in [0.717, 1.165) is 5.56 Å². The van der Waals surface area contributed by atoms with Crippen LogP contribution in [0.25, 0.3) is 33.5 Å². The molecule has 0 bridgehead atoms. The van der Waals surface area contributed by atoms with Crippen LogP contribution in [0.15, 0.2) is 59.6 Å². The minimum atomic E-state index is -3.57. The summed E-state index contributed by atoms with van der Waals surface area (Å²) < 4.78 is 58.2. The van der Waals surface area contributed by atoms with Crippen molar-refractivity contribution in [1.82, 2.24) is 19.7 Å². The molecule has 2 aliphatic rings. The zero-order chi connectivity index (χ0) is 25.7. The maximum Gasteiger partial charge on any atom is 0.241 e. The van der Waals surface area contributed by atoms with Crippen molar-refractivity contribution in [2.75, 3.05) is 20.3 Å². The van der Waals surface area contributed by atoms with Crippen LogP contribution in [-0.2, 0) is 19.5 Å². The van der Waals surface area contributed by atoms with Crippen LogP contribution in [0, 0.1) is 5.82 Å². The van der Waals surface area contributed by atoms with Crippen molar-refractivity contribution in [3.05, 3.63) is 60.5 Å². The molecule has 12 heteroatoms. The van der Waals surface area contributed by atoms with Gasteiger partial charge in [-0.3, -0.25) is 4.98 Å². The Bertz CT molecular complexity index is 1560. The first-order valence-corrected chi connectivity index (χ1v) is 13.1. The van der Waals surface area contributed by atoms with Crippen LogP contribution in [0.5, 0.6) is 5.88 Å². The molecule has 6 rings (SSSR count). The van der Waals surface area contributed by atoms with Crippen molar-refractivity contribution in [1.29, 1.82) is 0 Å². The molecule has 37 heavy (non-hydrogen) atoms. The van der Waals surface area contributed by atoms with Gasteiger partial charge < -0.3 is 24.3 Å². The predicted molar refractivity (Wildman–Crippen MR) is 131 cm³/mol. The number of aromatic amines is 1. The van der Waals surface area contributed by atoms with Gasteiger partial charge in [-0.2, -0.15) is 0 Å². The first-order valence-electron chi connectivity index (χ1n) is 11.6. The van der Waals surface area contributed by atoms with Gasteiger partial charge in [0.2, 0.25) is 10.0 Å². The van der Waals surface area contributed by atoms with E-state index in [0.29, 0.717) is 28.2 Å². The Morgan fingerprint density at radius 3 is 2.57 bits per heavy atom. The Morgan fingerprint density at radius 1 is 1.08 bits per heavy atom. The summed E-state index contributed by atoms with van der Waals surface area (Å²) in [5.74, 6) is -0.0941. The zero-order valence-electron chi connectivity index (χ0n) is 19.6. The Labute approximate surface area is 211 Å². The number of benzene rings is 1. The Morgan fingerprint density at radius 2 is 1.84 bits per heavy atom. The van der Waals surface area contributed by atoms with Gasteiger partial charge >= 0.3 is 0 Å². The van der Waals surface area contributed by atoms with Crippen molar-refractivity contribution in [2.45, 2.75) is 29.3 Å². The molecule has 1 aromatic carbocycles. The van der Waals surface area contributed by atoms with Gasteiger partial charge in [0.25, 0.3) is 0 Å². The summed E-state index contributed by atoms with van der Waals surface area (Å²) in [7, 11) is -2.23. The van der Waals surface area contributed by atoms with E-state index in [9.17, 15) is 17.9 Å². The van der Waals surface area contributed by atoms with Gasteiger partial charge in [-0.15, -0.1) is 0 Å². The maximum atomic E-state index is 15.0. The molecule has 4 aromatic rings. The standard InChI is InChI=1S/C25H23FN4O6S/c1-27-37(32,33)15-6-7-17(28-10-15)13-2-4-14(5-3-13)23-16(26)8-18-19(30-23)9-22(29-18)36-21-12-35-24-20(31)11-34-25(21)24/h2-10,20-21,24-25,27,29,31H,11-12H2,1H3/t20-,21-,24-,25?/m1/s1. The van der Waals surface area contributed by atoms with Gasteiger partial charge in [-0.1, -0.05) is 24.3 Å². The number of halogens is 1. The third-order valence-corrected chi connectivity index (χ3v) is 7.96. The normalized spacial score (nSPS) is 23.4. The average molecular weight is 527 g/mol. The Kier molecular flexibility index (Phi) is 5.92. The van der Waals surface area contributed by atoms with E-state index < -0.39 is 34.2 Å². The van der Waals surface area contributed by atoms with E-state index in [2.05, 4.69) is 19.7 Å². The highest BCUT2D eigenvalue weighted by Gasteiger charge is 2.48. The number of H-pyrrole nitrogens is 1. The third-order valence-electron chi connectivity index (χ3n) is 6.56. The van der Waals surface area contributed by atoms with E-state index in [1.165, 1.54) is 25.4 Å². The first kappa shape index (κ1) is 23.9. The highest BCUT2D eigenvalue weighted by atomic mass is 32.2. The monoisotopic (exact) mass is 526 g/mol. The van der Waals surface area contributed by atoms with Crippen molar-refractivity contribution < 1.29 is 32.1 Å². The molecular formula is C25H23FN4O6S. The fourth-order valence-electron chi connectivity index (χ4n) is 4.61. The predicted octanol–water partition coefficient (Wildman–Crippen LogP) is 2.25. The Hall–Kier alpha value is -3.42. The highest BCUT2D eigenvalue weighted by molar-refractivity contribution is 7.89. The zero-order valence-corrected chi connectivity index (χ0v) is 20.4. The molecule has 0 aliphatic carbocycles. The number of ether oxygens (including phenoxy) is 3. The third kappa shape index (κ3) is 4.36. The molecule has 10 nitrogen and oxygen atoms in total. The molecule has 192 valence electrons. The summed E-state index contributed by atoms with van der Waals surface area (Å²) >= 11 is 0. The van der Waals surface area contributed by atoms with E-state index in [1.807, 2.05) is 0 Å². The second kappa shape index (κ2) is 9.15. The molecule has 0 radical (unpaired) electrons. The number of pyridine rings is 2. The summed E-state index contributed by atoms with van der Waals surface area (Å²) in [6.07, 6.45) is -0.550. The van der Waals surface area contributed by atoms with Crippen LogP contribution in [-0.4, -0.2) is 73.2 Å². The van der Waals surface area contributed by atoms with Gasteiger partial charge in [-0.25, -0.2) is 22.5 Å². The average Bonchev–Trinajstić information content (AvgIpc) is 3.60. The number of sulfonamides is 1. The number of hydrogen-bond acceptors (Lipinski definition) is 8. The molecule has 5 heterocycles. The van der Waals surface area contributed by atoms with Gasteiger partial charge in [-0.05, 0) is 19.2 Å². The van der Waals surface area contributed by atoms with Crippen molar-refractivity contribution >= 4 is 21.1 Å². The van der Waals surface area contributed by atoms with Crippen LogP contribution >= 0.6 is 0 Å². The molecule has 0 spiro atoms. The number of nitrogens with zero attached hydrogens (tertiary/aromatic N) is 2. The molecule has 3 aromatic heterocycles. The summed E-state index contributed by atoms with van der Waals surface area (Å²) in [5, 5.41) is 9.91. The molecular weight excluding hydrogens is 503 g/mol. The lowest BCUT2D eigenvalue weighted by atomic mass is 10.1. The molecule has 1 unspecified atom stereocenters. The number of aliphatic hydroxyl groups excluding tert-OH is 1. The van der Waals surface area contributed by atoms with E-state index in [1.54, 1.807) is 36.4 Å². The van der Waals surface area contributed by atoms with E-state index in [4.69, 9.17) is 14.2 Å². The number of fused-ring (bicyclic) bond motifs is 2. The number of rotatable bonds is 6. The lowest BCUT2D eigenvalue weighted by molar-refractivity contribution is 0.00794. The van der Waals surface area contributed by atoms with Crippen LogP contribution in [0.4, 0.5) is 4.39 Å².